The summed E-state index contributed by atoms with van der Waals surface area (Å²) in [6, 6.07) is 6.10. The summed E-state index contributed by atoms with van der Waals surface area (Å²) in [7, 11) is 1.93. The zero-order chi connectivity index (χ0) is 13.7. The van der Waals surface area contributed by atoms with Crippen LogP contribution in [0, 0.1) is 11.7 Å². The molecule has 1 saturated heterocycles. The smallest absolute Gasteiger partial charge is 0.246 e. The van der Waals surface area contributed by atoms with Gasteiger partial charge in [-0.15, -0.1) is 0 Å². The lowest BCUT2D eigenvalue weighted by molar-refractivity contribution is -0.125. The molecule has 0 spiro atoms. The SMILES string of the molecule is CNCC1CCN(C(=O)C=Cc2ccc(F)cc2)C1. The Morgan fingerprint density at radius 3 is 2.89 bits per heavy atom. The fraction of sp³-hybridized carbons (Fsp3) is 0.400. The molecule has 0 bridgehead atoms. The van der Waals surface area contributed by atoms with Crippen molar-refractivity contribution in [2.75, 3.05) is 26.7 Å². The third kappa shape index (κ3) is 3.89. The average Bonchev–Trinajstić information content (AvgIpc) is 2.87. The zero-order valence-electron chi connectivity index (χ0n) is 11.1. The standard InChI is InChI=1S/C15H19FN2O/c1-17-10-13-8-9-18(11-13)15(19)7-4-12-2-5-14(16)6-3-12/h2-7,13,17H,8-11H2,1H3. The van der Waals surface area contributed by atoms with Crippen LogP contribution in [0.2, 0.25) is 0 Å². The number of likely N-dealkylation sites (tertiary alicyclic amines) is 1. The Kier molecular flexibility index (Phi) is 4.68. The molecule has 1 aromatic rings. The van der Waals surface area contributed by atoms with Crippen LogP contribution in [0.4, 0.5) is 4.39 Å². The maximum atomic E-state index is 12.7. The molecule has 1 aliphatic heterocycles. The molecule has 1 N–H and O–H groups in total. The van der Waals surface area contributed by atoms with Gasteiger partial charge in [0.25, 0.3) is 0 Å². The number of hydrogen-bond donors (Lipinski definition) is 1. The van der Waals surface area contributed by atoms with Gasteiger partial charge in [0.2, 0.25) is 5.91 Å². The lowest BCUT2D eigenvalue weighted by Crippen LogP contribution is -2.28. The van der Waals surface area contributed by atoms with E-state index in [1.54, 1.807) is 24.3 Å². The fourth-order valence-corrected chi connectivity index (χ4v) is 2.33. The Hall–Kier alpha value is -1.68. The second-order valence-corrected chi connectivity index (χ2v) is 4.88. The second-order valence-electron chi connectivity index (χ2n) is 4.88. The van der Waals surface area contributed by atoms with Crippen molar-refractivity contribution in [3.05, 3.63) is 41.7 Å². The van der Waals surface area contributed by atoms with Crippen LogP contribution in [0.3, 0.4) is 0 Å². The number of carbonyl (C=O) groups is 1. The number of nitrogens with one attached hydrogen (secondary N) is 1. The van der Waals surface area contributed by atoms with E-state index in [2.05, 4.69) is 5.32 Å². The van der Waals surface area contributed by atoms with Gasteiger partial charge in [0.05, 0.1) is 0 Å². The summed E-state index contributed by atoms with van der Waals surface area (Å²) in [5.41, 5.74) is 0.834. The van der Waals surface area contributed by atoms with Gasteiger partial charge in [0, 0.05) is 19.2 Å². The number of halogens is 1. The zero-order valence-corrected chi connectivity index (χ0v) is 11.1. The van der Waals surface area contributed by atoms with Gasteiger partial charge in [-0.2, -0.15) is 0 Å². The molecule has 1 atom stereocenters. The van der Waals surface area contributed by atoms with Gasteiger partial charge in [-0.1, -0.05) is 12.1 Å². The van der Waals surface area contributed by atoms with Gasteiger partial charge < -0.3 is 10.2 Å². The van der Waals surface area contributed by atoms with Crippen LogP contribution < -0.4 is 5.32 Å². The van der Waals surface area contributed by atoms with Crippen molar-refractivity contribution in [2.24, 2.45) is 5.92 Å². The van der Waals surface area contributed by atoms with Crippen LogP contribution in [-0.2, 0) is 4.79 Å². The van der Waals surface area contributed by atoms with Crippen LogP contribution in [0.1, 0.15) is 12.0 Å². The maximum absolute atomic E-state index is 12.7. The Bertz CT molecular complexity index is 456. The van der Waals surface area contributed by atoms with Crippen molar-refractivity contribution < 1.29 is 9.18 Å². The van der Waals surface area contributed by atoms with Gasteiger partial charge in [-0.3, -0.25) is 4.79 Å². The van der Waals surface area contributed by atoms with E-state index in [4.69, 9.17) is 0 Å². The summed E-state index contributed by atoms with van der Waals surface area (Å²) >= 11 is 0. The van der Waals surface area contributed by atoms with Crippen molar-refractivity contribution in [2.45, 2.75) is 6.42 Å². The first-order valence-electron chi connectivity index (χ1n) is 6.56. The van der Waals surface area contributed by atoms with Crippen molar-refractivity contribution >= 4 is 12.0 Å². The minimum Gasteiger partial charge on any atom is -0.339 e. The predicted octanol–water partition coefficient (Wildman–Crippen LogP) is 1.91. The van der Waals surface area contributed by atoms with Crippen LogP contribution >= 0.6 is 0 Å². The lowest BCUT2D eigenvalue weighted by atomic mass is 10.1. The van der Waals surface area contributed by atoms with Crippen molar-refractivity contribution in [1.82, 2.24) is 10.2 Å². The van der Waals surface area contributed by atoms with Crippen LogP contribution in [-0.4, -0.2) is 37.5 Å². The Morgan fingerprint density at radius 1 is 1.47 bits per heavy atom. The normalized spacial score (nSPS) is 19.3. The van der Waals surface area contributed by atoms with E-state index in [-0.39, 0.29) is 11.7 Å². The second kappa shape index (κ2) is 6.48. The molecule has 1 unspecified atom stereocenters. The van der Waals surface area contributed by atoms with Crippen molar-refractivity contribution in [3.8, 4) is 0 Å². The number of carbonyl (C=O) groups excluding carboxylic acids is 1. The highest BCUT2D eigenvalue weighted by molar-refractivity contribution is 5.91. The van der Waals surface area contributed by atoms with Crippen LogP contribution in [0.25, 0.3) is 6.08 Å². The molecule has 0 aromatic heterocycles. The van der Waals surface area contributed by atoms with Gasteiger partial charge in [-0.05, 0) is 49.7 Å². The van der Waals surface area contributed by atoms with Gasteiger partial charge in [0.15, 0.2) is 0 Å². The topological polar surface area (TPSA) is 32.3 Å². The largest absolute Gasteiger partial charge is 0.339 e. The Balaban J connectivity index is 1.89. The van der Waals surface area contributed by atoms with E-state index in [0.29, 0.717) is 5.92 Å². The summed E-state index contributed by atoms with van der Waals surface area (Å²) in [6.45, 7) is 2.58. The lowest BCUT2D eigenvalue weighted by Gasteiger charge is -2.14. The Labute approximate surface area is 113 Å². The van der Waals surface area contributed by atoms with Gasteiger partial charge in [0.1, 0.15) is 5.82 Å². The summed E-state index contributed by atoms with van der Waals surface area (Å²) in [6.07, 6.45) is 4.35. The minimum atomic E-state index is -0.266. The van der Waals surface area contributed by atoms with Crippen LogP contribution in [0.15, 0.2) is 30.3 Å². The van der Waals surface area contributed by atoms with E-state index in [0.717, 1.165) is 31.6 Å². The summed E-state index contributed by atoms with van der Waals surface area (Å²) in [5.74, 6) is 0.314. The number of benzene rings is 1. The molecule has 0 radical (unpaired) electrons. The quantitative estimate of drug-likeness (QED) is 0.841. The van der Waals surface area contributed by atoms with E-state index >= 15 is 0 Å². The number of amides is 1. The number of nitrogens with zero attached hydrogens (tertiary/aromatic N) is 1. The molecule has 3 nitrogen and oxygen atoms in total. The minimum absolute atomic E-state index is 0.0305. The monoisotopic (exact) mass is 262 g/mol. The van der Waals surface area contributed by atoms with Crippen molar-refractivity contribution in [3.63, 3.8) is 0 Å². The molecule has 2 rings (SSSR count). The molecule has 19 heavy (non-hydrogen) atoms. The third-order valence-electron chi connectivity index (χ3n) is 3.38. The average molecular weight is 262 g/mol. The highest BCUT2D eigenvalue weighted by Gasteiger charge is 2.24. The molecular weight excluding hydrogens is 243 g/mol. The predicted molar refractivity (Wildman–Crippen MR) is 74.0 cm³/mol. The van der Waals surface area contributed by atoms with Gasteiger partial charge >= 0.3 is 0 Å². The first-order valence-corrected chi connectivity index (χ1v) is 6.56. The molecule has 0 aliphatic carbocycles. The molecule has 1 aromatic carbocycles. The molecule has 1 heterocycles. The van der Waals surface area contributed by atoms with Crippen molar-refractivity contribution in [1.29, 1.82) is 0 Å². The molecule has 4 heteroatoms. The maximum Gasteiger partial charge on any atom is 0.246 e. The summed E-state index contributed by atoms with van der Waals surface area (Å²) in [5, 5.41) is 3.14. The van der Waals surface area contributed by atoms with E-state index in [9.17, 15) is 9.18 Å². The molecule has 1 aliphatic rings. The molecule has 0 saturated carbocycles. The van der Waals surface area contributed by atoms with E-state index < -0.39 is 0 Å². The third-order valence-corrected chi connectivity index (χ3v) is 3.38. The molecule has 102 valence electrons. The Morgan fingerprint density at radius 2 is 2.21 bits per heavy atom. The molecular formula is C15H19FN2O. The van der Waals surface area contributed by atoms with E-state index in [1.165, 1.54) is 12.1 Å². The fourth-order valence-electron chi connectivity index (χ4n) is 2.33. The number of rotatable bonds is 4. The first-order chi connectivity index (χ1) is 9.19. The molecule has 1 fully saturated rings. The first kappa shape index (κ1) is 13.7. The highest BCUT2D eigenvalue weighted by atomic mass is 19.1. The van der Waals surface area contributed by atoms with Crippen LogP contribution in [0.5, 0.6) is 0 Å². The summed E-state index contributed by atoms with van der Waals surface area (Å²) < 4.78 is 12.7. The molecule has 1 amide bonds. The highest BCUT2D eigenvalue weighted by Crippen LogP contribution is 2.16. The van der Waals surface area contributed by atoms with E-state index in [1.807, 2.05) is 11.9 Å². The summed E-state index contributed by atoms with van der Waals surface area (Å²) in [4.78, 5) is 13.8. The number of hydrogen-bond acceptors (Lipinski definition) is 2. The van der Waals surface area contributed by atoms with Gasteiger partial charge in [-0.25, -0.2) is 4.39 Å².